The van der Waals surface area contributed by atoms with Gasteiger partial charge in [-0.05, 0) is 48.2 Å². The standard InChI is InChI=1S/C25H31BrN8O3/c1-25(2)15-33(17-7-8-21(26)29-23(17)25)22-9-10-27-24(30-22)28-16-13-19(34(35)36)18(14-20(16)37-6)32(5)12-11-31(3)4/h7-10,13-14H,11-12,15H2,1-6H3,(H,27,28,30). The average molecular weight is 571 g/mol. The molecule has 0 saturated heterocycles. The van der Waals surface area contributed by atoms with Gasteiger partial charge >= 0.3 is 0 Å². The second-order valence-corrected chi connectivity index (χ2v) is 10.7. The Morgan fingerprint density at radius 1 is 1.19 bits per heavy atom. The lowest BCUT2D eigenvalue weighted by Gasteiger charge is -2.23. The predicted octanol–water partition coefficient (Wildman–Crippen LogP) is 4.72. The number of likely N-dealkylation sites (N-methyl/N-ethyl adjacent to an activating group) is 2. The number of nitro groups is 1. The number of methoxy groups -OCH3 is 1. The number of fused-ring (bicyclic) bond motifs is 1. The van der Waals surface area contributed by atoms with Crippen molar-refractivity contribution in [2.45, 2.75) is 19.3 Å². The number of nitrogens with zero attached hydrogens (tertiary/aromatic N) is 7. The van der Waals surface area contributed by atoms with E-state index in [9.17, 15) is 10.1 Å². The number of nitro benzene ring substituents is 1. The summed E-state index contributed by atoms with van der Waals surface area (Å²) in [5, 5.41) is 15.1. The summed E-state index contributed by atoms with van der Waals surface area (Å²) in [4.78, 5) is 31.3. The first kappa shape index (κ1) is 26.6. The molecule has 0 amide bonds. The number of hydrogen-bond donors (Lipinski definition) is 1. The Kier molecular flexibility index (Phi) is 7.51. The lowest BCUT2D eigenvalue weighted by Crippen LogP contribution is -2.29. The molecule has 1 aliphatic rings. The lowest BCUT2D eigenvalue weighted by atomic mass is 9.91. The molecule has 0 unspecified atom stereocenters. The fraction of sp³-hybridized carbons (Fsp3) is 0.400. The van der Waals surface area contributed by atoms with Crippen LogP contribution in [0.5, 0.6) is 5.75 Å². The van der Waals surface area contributed by atoms with E-state index in [1.54, 1.807) is 12.3 Å². The molecule has 0 radical (unpaired) electrons. The van der Waals surface area contributed by atoms with Crippen LogP contribution in [-0.4, -0.2) is 72.7 Å². The van der Waals surface area contributed by atoms with E-state index < -0.39 is 4.92 Å². The number of anilines is 5. The SMILES string of the molecule is COc1cc(N(C)CCN(C)C)c([N+](=O)[O-])cc1Nc1nccc(N2CC(C)(C)c3nc(Br)ccc32)n1. The maximum atomic E-state index is 12.0. The van der Waals surface area contributed by atoms with Gasteiger partial charge in [-0.15, -0.1) is 0 Å². The number of nitrogens with one attached hydrogen (secondary N) is 1. The number of hydrogen-bond acceptors (Lipinski definition) is 10. The van der Waals surface area contributed by atoms with Crippen molar-refractivity contribution in [2.75, 3.05) is 63.0 Å². The third-order valence-electron chi connectivity index (χ3n) is 6.28. The summed E-state index contributed by atoms with van der Waals surface area (Å²) in [6, 6.07) is 8.90. The normalized spacial score (nSPS) is 14.0. The molecule has 0 atom stereocenters. The van der Waals surface area contributed by atoms with Crippen LogP contribution in [0, 0.1) is 10.1 Å². The summed E-state index contributed by atoms with van der Waals surface area (Å²) >= 11 is 3.47. The van der Waals surface area contributed by atoms with Crippen molar-refractivity contribution in [3.63, 3.8) is 0 Å². The van der Waals surface area contributed by atoms with E-state index >= 15 is 0 Å². The van der Waals surface area contributed by atoms with Crippen molar-refractivity contribution >= 4 is 50.4 Å². The van der Waals surface area contributed by atoms with Crippen LogP contribution < -0.4 is 19.9 Å². The van der Waals surface area contributed by atoms with Crippen molar-refractivity contribution in [3.05, 3.63) is 56.9 Å². The van der Waals surface area contributed by atoms with Crippen molar-refractivity contribution in [3.8, 4) is 5.75 Å². The third kappa shape index (κ3) is 5.59. The quantitative estimate of drug-likeness (QED) is 0.220. The van der Waals surface area contributed by atoms with Gasteiger partial charge in [-0.3, -0.25) is 10.1 Å². The molecule has 0 fully saturated rings. The van der Waals surface area contributed by atoms with Crippen LogP contribution in [0.4, 0.5) is 34.5 Å². The number of halogens is 1. The summed E-state index contributed by atoms with van der Waals surface area (Å²) in [7, 11) is 7.28. The first-order valence-electron chi connectivity index (χ1n) is 11.8. The van der Waals surface area contributed by atoms with Gasteiger partial charge in [0.15, 0.2) is 0 Å². The zero-order valence-electron chi connectivity index (χ0n) is 21.8. The molecule has 2 aromatic heterocycles. The maximum Gasteiger partial charge on any atom is 0.294 e. The van der Waals surface area contributed by atoms with Gasteiger partial charge < -0.3 is 24.8 Å². The third-order valence-corrected chi connectivity index (χ3v) is 6.72. The van der Waals surface area contributed by atoms with Crippen LogP contribution >= 0.6 is 15.9 Å². The molecule has 0 aliphatic carbocycles. The van der Waals surface area contributed by atoms with E-state index in [-0.39, 0.29) is 11.1 Å². The molecule has 1 aliphatic heterocycles. The number of aromatic nitrogens is 3. The molecule has 3 aromatic rings. The Balaban J connectivity index is 1.66. The highest BCUT2D eigenvalue weighted by Crippen LogP contribution is 2.43. The van der Waals surface area contributed by atoms with Crippen molar-refractivity contribution in [1.82, 2.24) is 19.9 Å². The van der Waals surface area contributed by atoms with Gasteiger partial charge in [0.25, 0.3) is 5.69 Å². The van der Waals surface area contributed by atoms with E-state index in [2.05, 4.69) is 45.0 Å². The Labute approximate surface area is 224 Å². The summed E-state index contributed by atoms with van der Waals surface area (Å²) in [6.45, 7) is 6.36. The monoisotopic (exact) mass is 570 g/mol. The Morgan fingerprint density at radius 2 is 1.95 bits per heavy atom. The van der Waals surface area contributed by atoms with Crippen LogP contribution in [-0.2, 0) is 5.41 Å². The van der Waals surface area contributed by atoms with Gasteiger partial charge in [0.1, 0.15) is 21.9 Å². The van der Waals surface area contributed by atoms with Gasteiger partial charge in [-0.2, -0.15) is 4.98 Å². The fourth-order valence-corrected chi connectivity index (χ4v) is 4.64. The molecule has 1 N–H and O–H groups in total. The summed E-state index contributed by atoms with van der Waals surface area (Å²) < 4.78 is 6.37. The maximum absolute atomic E-state index is 12.0. The lowest BCUT2D eigenvalue weighted by molar-refractivity contribution is -0.384. The fourth-order valence-electron chi connectivity index (χ4n) is 4.33. The number of rotatable bonds is 9. The molecule has 37 heavy (non-hydrogen) atoms. The molecule has 3 heterocycles. The van der Waals surface area contributed by atoms with Gasteiger partial charge in [-0.25, -0.2) is 9.97 Å². The van der Waals surface area contributed by atoms with Crippen molar-refractivity contribution in [1.29, 1.82) is 0 Å². The molecule has 196 valence electrons. The molecule has 12 heteroatoms. The summed E-state index contributed by atoms with van der Waals surface area (Å²) in [6.07, 6.45) is 1.66. The first-order chi connectivity index (χ1) is 17.5. The Bertz CT molecular complexity index is 1320. The molecule has 0 saturated carbocycles. The zero-order chi connectivity index (χ0) is 26.9. The van der Waals surface area contributed by atoms with Gasteiger partial charge in [-0.1, -0.05) is 13.8 Å². The molecular weight excluding hydrogens is 540 g/mol. The van der Waals surface area contributed by atoms with Gasteiger partial charge in [0, 0.05) is 50.4 Å². The van der Waals surface area contributed by atoms with E-state index in [0.29, 0.717) is 42.0 Å². The molecule has 0 spiro atoms. The van der Waals surface area contributed by atoms with Gasteiger partial charge in [0.05, 0.1) is 29.1 Å². The van der Waals surface area contributed by atoms with Crippen molar-refractivity contribution in [2.24, 2.45) is 0 Å². The highest BCUT2D eigenvalue weighted by atomic mass is 79.9. The second kappa shape index (κ2) is 10.5. The van der Waals surface area contributed by atoms with Crippen LogP contribution in [0.3, 0.4) is 0 Å². The molecular formula is C25H31BrN8O3. The highest BCUT2D eigenvalue weighted by Gasteiger charge is 2.38. The number of pyridine rings is 1. The Hall–Kier alpha value is -3.51. The number of benzene rings is 1. The molecule has 11 nitrogen and oxygen atoms in total. The van der Waals surface area contributed by atoms with Gasteiger partial charge in [0.2, 0.25) is 5.95 Å². The van der Waals surface area contributed by atoms with Crippen molar-refractivity contribution < 1.29 is 9.66 Å². The second-order valence-electron chi connectivity index (χ2n) is 9.86. The molecule has 4 rings (SSSR count). The minimum Gasteiger partial charge on any atom is -0.494 e. The van der Waals surface area contributed by atoms with Crippen LogP contribution in [0.15, 0.2) is 41.1 Å². The largest absolute Gasteiger partial charge is 0.494 e. The zero-order valence-corrected chi connectivity index (χ0v) is 23.4. The topological polar surface area (TPSA) is 113 Å². The summed E-state index contributed by atoms with van der Waals surface area (Å²) in [5.74, 6) is 1.45. The Morgan fingerprint density at radius 3 is 2.62 bits per heavy atom. The van der Waals surface area contributed by atoms with E-state index in [0.717, 1.165) is 22.5 Å². The van der Waals surface area contributed by atoms with E-state index in [1.807, 2.05) is 49.1 Å². The average Bonchev–Trinajstić information content (AvgIpc) is 3.12. The van der Waals surface area contributed by atoms with E-state index in [1.165, 1.54) is 13.2 Å². The van der Waals surface area contributed by atoms with Crippen LogP contribution in [0.2, 0.25) is 0 Å². The smallest absolute Gasteiger partial charge is 0.294 e. The predicted molar refractivity (Wildman–Crippen MR) is 149 cm³/mol. The highest BCUT2D eigenvalue weighted by molar-refractivity contribution is 9.10. The van der Waals surface area contributed by atoms with E-state index in [4.69, 9.17) is 14.7 Å². The molecule has 1 aromatic carbocycles. The first-order valence-corrected chi connectivity index (χ1v) is 12.6. The van der Waals surface area contributed by atoms with Crippen LogP contribution in [0.25, 0.3) is 0 Å². The van der Waals surface area contributed by atoms with Crippen LogP contribution in [0.1, 0.15) is 19.5 Å². The minimum atomic E-state index is -0.391. The molecule has 0 bridgehead atoms. The summed E-state index contributed by atoms with van der Waals surface area (Å²) in [5.41, 5.74) is 2.64. The number of ether oxygens (including phenoxy) is 1. The minimum absolute atomic E-state index is 0.0346.